The van der Waals surface area contributed by atoms with Crippen molar-refractivity contribution >= 4 is 11.9 Å². The molecule has 0 heterocycles. The number of ether oxygens (including phenoxy) is 1. The van der Waals surface area contributed by atoms with Gasteiger partial charge in [-0.2, -0.15) is 0 Å². The Balaban J connectivity index is 2.09. The maximum Gasteiger partial charge on any atom is 0.308 e. The largest absolute Gasteiger partial charge is 0.481 e. The van der Waals surface area contributed by atoms with Crippen LogP contribution in [-0.2, 0) is 14.3 Å². The number of esters is 1. The van der Waals surface area contributed by atoms with Crippen LogP contribution in [0.4, 0.5) is 0 Å². The van der Waals surface area contributed by atoms with Gasteiger partial charge in [0.05, 0.1) is 18.1 Å². The molecule has 0 aromatic heterocycles. The Morgan fingerprint density at radius 3 is 2.63 bits per heavy atom. The molecule has 8 atom stereocenters. The molecule has 0 saturated heterocycles. The van der Waals surface area contributed by atoms with E-state index in [0.29, 0.717) is 25.7 Å². The van der Waals surface area contributed by atoms with Crippen molar-refractivity contribution in [2.75, 3.05) is 0 Å². The zero-order chi connectivity index (χ0) is 22.4. The second-order valence-corrected chi connectivity index (χ2v) is 9.33. The van der Waals surface area contributed by atoms with E-state index in [-0.39, 0.29) is 48.1 Å². The van der Waals surface area contributed by atoms with Crippen LogP contribution in [0, 0.1) is 29.6 Å². The normalized spacial score (nSPS) is 31.3. The highest BCUT2D eigenvalue weighted by atomic mass is 16.5. The summed E-state index contributed by atoms with van der Waals surface area (Å²) in [5.41, 5.74) is 1.01. The van der Waals surface area contributed by atoms with Gasteiger partial charge in [0.15, 0.2) is 0 Å². The van der Waals surface area contributed by atoms with Gasteiger partial charge in [0, 0.05) is 18.8 Å². The van der Waals surface area contributed by atoms with E-state index < -0.39 is 18.2 Å². The van der Waals surface area contributed by atoms with Crippen molar-refractivity contribution in [1.29, 1.82) is 0 Å². The number of hydrogen-bond acceptors (Lipinski definition) is 5. The minimum absolute atomic E-state index is 0.00468. The highest BCUT2D eigenvalue weighted by molar-refractivity contribution is 5.72. The smallest absolute Gasteiger partial charge is 0.308 e. The van der Waals surface area contributed by atoms with Gasteiger partial charge in [-0.3, -0.25) is 9.59 Å². The molecule has 6 heteroatoms. The van der Waals surface area contributed by atoms with Gasteiger partial charge in [0.1, 0.15) is 6.10 Å². The Morgan fingerprint density at radius 2 is 2.00 bits per heavy atom. The Hall–Kier alpha value is -1.66. The number of fused-ring (bicyclic) bond motifs is 1. The zero-order valence-electron chi connectivity index (χ0n) is 18.7. The molecule has 0 spiro atoms. The number of allylic oxidation sites excluding steroid dienone is 2. The van der Waals surface area contributed by atoms with Gasteiger partial charge < -0.3 is 20.1 Å². The van der Waals surface area contributed by atoms with E-state index in [1.807, 2.05) is 32.9 Å². The molecule has 0 aliphatic heterocycles. The van der Waals surface area contributed by atoms with Gasteiger partial charge in [-0.1, -0.05) is 45.9 Å². The van der Waals surface area contributed by atoms with Crippen LogP contribution in [0.15, 0.2) is 23.8 Å². The molecule has 6 nitrogen and oxygen atoms in total. The second kappa shape index (κ2) is 11.1. The third kappa shape index (κ3) is 6.67. The van der Waals surface area contributed by atoms with E-state index in [1.165, 1.54) is 0 Å². The first-order valence-corrected chi connectivity index (χ1v) is 11.3. The Bertz CT molecular complexity index is 654. The summed E-state index contributed by atoms with van der Waals surface area (Å²) in [6.07, 6.45) is 7.40. The van der Waals surface area contributed by atoms with E-state index in [9.17, 15) is 19.8 Å². The number of aliphatic carboxylic acids is 1. The van der Waals surface area contributed by atoms with Gasteiger partial charge in [-0.05, 0) is 49.0 Å². The summed E-state index contributed by atoms with van der Waals surface area (Å²) in [6, 6.07) is 0. The summed E-state index contributed by atoms with van der Waals surface area (Å²) >= 11 is 0. The lowest BCUT2D eigenvalue weighted by Crippen LogP contribution is -2.43. The lowest BCUT2D eigenvalue weighted by molar-refractivity contribution is -0.159. The number of carboxylic acid groups (broad SMARTS) is 1. The molecule has 2 rings (SSSR count). The van der Waals surface area contributed by atoms with Crippen LogP contribution >= 0.6 is 0 Å². The molecule has 0 saturated carbocycles. The molecule has 30 heavy (non-hydrogen) atoms. The van der Waals surface area contributed by atoms with E-state index in [2.05, 4.69) is 13.0 Å². The molecule has 0 fully saturated rings. The first-order valence-electron chi connectivity index (χ1n) is 11.3. The quantitative estimate of drug-likeness (QED) is 0.464. The molecule has 2 aliphatic rings. The lowest BCUT2D eigenvalue weighted by Gasteiger charge is -2.43. The molecule has 0 amide bonds. The van der Waals surface area contributed by atoms with Gasteiger partial charge >= 0.3 is 11.9 Å². The topological polar surface area (TPSA) is 104 Å². The summed E-state index contributed by atoms with van der Waals surface area (Å²) in [7, 11) is 0. The summed E-state index contributed by atoms with van der Waals surface area (Å²) in [5, 5.41) is 29.6. The summed E-state index contributed by atoms with van der Waals surface area (Å²) in [5.74, 6) is -0.870. The fraction of sp³-hybridized carbons (Fsp3) is 0.750. The Labute approximate surface area is 180 Å². The predicted octanol–water partition coefficient (Wildman–Crippen LogP) is 3.72. The van der Waals surface area contributed by atoms with Crippen LogP contribution in [0.1, 0.15) is 66.2 Å². The molecule has 0 aromatic carbocycles. The molecular formula is C24H38O6. The van der Waals surface area contributed by atoms with Crippen molar-refractivity contribution in [3.8, 4) is 0 Å². The van der Waals surface area contributed by atoms with Gasteiger partial charge in [-0.15, -0.1) is 0 Å². The molecule has 0 aromatic rings. The first kappa shape index (κ1) is 24.6. The molecule has 0 radical (unpaired) electrons. The minimum atomic E-state index is -0.845. The third-order valence-electron chi connectivity index (χ3n) is 6.69. The van der Waals surface area contributed by atoms with Crippen molar-refractivity contribution in [2.24, 2.45) is 29.6 Å². The SMILES string of the molecule is CCC(C)C(=O)OC1CC(O)C=C2C=CC(C)C(CCC(O)CC(C)CC(=O)O)C21. The average molecular weight is 423 g/mol. The van der Waals surface area contributed by atoms with E-state index >= 15 is 0 Å². The van der Waals surface area contributed by atoms with E-state index in [0.717, 1.165) is 12.0 Å². The van der Waals surface area contributed by atoms with Crippen LogP contribution in [0.3, 0.4) is 0 Å². The summed E-state index contributed by atoms with van der Waals surface area (Å²) in [4.78, 5) is 23.3. The first-order chi connectivity index (χ1) is 14.1. The fourth-order valence-corrected chi connectivity index (χ4v) is 4.77. The highest BCUT2D eigenvalue weighted by Crippen LogP contribution is 2.44. The van der Waals surface area contributed by atoms with Crippen LogP contribution in [0.25, 0.3) is 0 Å². The van der Waals surface area contributed by atoms with E-state index in [1.54, 1.807) is 0 Å². The van der Waals surface area contributed by atoms with E-state index in [4.69, 9.17) is 9.84 Å². The maximum atomic E-state index is 12.5. The number of aliphatic hydroxyl groups excluding tert-OH is 2. The Morgan fingerprint density at radius 1 is 1.30 bits per heavy atom. The molecular weight excluding hydrogens is 384 g/mol. The van der Waals surface area contributed by atoms with Crippen LogP contribution in [0.2, 0.25) is 0 Å². The molecule has 0 bridgehead atoms. The van der Waals surface area contributed by atoms with Crippen LogP contribution < -0.4 is 0 Å². The standard InChI is InChI=1S/C24H38O6/c1-5-15(3)24(29)30-21-13-19(26)12-17-7-6-16(4)20(23(17)21)9-8-18(25)10-14(2)11-22(27)28/h6-7,12,14-16,18-21,23,25-26H,5,8-11,13H2,1-4H3,(H,27,28). The van der Waals surface area contributed by atoms with Crippen LogP contribution in [0.5, 0.6) is 0 Å². The summed E-state index contributed by atoms with van der Waals surface area (Å²) in [6.45, 7) is 7.79. The molecule has 3 N–H and O–H groups in total. The number of carboxylic acids is 1. The Kier molecular flexibility index (Phi) is 9.10. The zero-order valence-corrected chi connectivity index (χ0v) is 18.7. The maximum absolute atomic E-state index is 12.5. The van der Waals surface area contributed by atoms with Crippen LogP contribution in [-0.4, -0.2) is 45.6 Å². The molecule has 170 valence electrons. The van der Waals surface area contributed by atoms with Crippen molar-refractivity contribution in [3.05, 3.63) is 23.8 Å². The molecule has 2 aliphatic carbocycles. The monoisotopic (exact) mass is 422 g/mol. The van der Waals surface area contributed by atoms with Crippen molar-refractivity contribution in [2.45, 2.75) is 84.5 Å². The van der Waals surface area contributed by atoms with Gasteiger partial charge in [0.25, 0.3) is 0 Å². The number of hydrogen-bond donors (Lipinski definition) is 3. The fourth-order valence-electron chi connectivity index (χ4n) is 4.77. The second-order valence-electron chi connectivity index (χ2n) is 9.33. The third-order valence-corrected chi connectivity index (χ3v) is 6.69. The number of rotatable bonds is 10. The number of carbonyl (C=O) groups is 2. The average Bonchev–Trinajstić information content (AvgIpc) is 2.65. The van der Waals surface area contributed by atoms with Gasteiger partial charge in [0.2, 0.25) is 0 Å². The summed E-state index contributed by atoms with van der Waals surface area (Å²) < 4.78 is 5.88. The predicted molar refractivity (Wildman–Crippen MR) is 115 cm³/mol. The van der Waals surface area contributed by atoms with Crippen molar-refractivity contribution in [3.63, 3.8) is 0 Å². The minimum Gasteiger partial charge on any atom is -0.481 e. The van der Waals surface area contributed by atoms with Gasteiger partial charge in [-0.25, -0.2) is 0 Å². The lowest BCUT2D eigenvalue weighted by atomic mass is 9.66. The van der Waals surface area contributed by atoms with Crippen molar-refractivity contribution < 1.29 is 29.6 Å². The number of carbonyl (C=O) groups excluding carboxylic acids is 1. The molecule has 8 unspecified atom stereocenters. The van der Waals surface area contributed by atoms with Crippen molar-refractivity contribution in [1.82, 2.24) is 0 Å². The highest BCUT2D eigenvalue weighted by Gasteiger charge is 2.42. The number of aliphatic hydroxyl groups is 2.